The Morgan fingerprint density at radius 1 is 0.938 bits per heavy atom. The average molecular weight is 961 g/mol. The molecule has 3 aliphatic heterocycles. The third kappa shape index (κ3) is 10.3. The number of hydrogen-bond acceptors (Lipinski definition) is 14. The van der Waals surface area contributed by atoms with E-state index in [1.807, 2.05) is 36.1 Å². The van der Waals surface area contributed by atoms with Crippen LogP contribution in [-0.2, 0) is 14.2 Å². The van der Waals surface area contributed by atoms with Crippen molar-refractivity contribution in [2.75, 3.05) is 87.1 Å². The molecule has 5 heterocycles. The molecule has 8 rings (SSSR count). The number of halogens is 3. The zero-order valence-corrected chi connectivity index (χ0v) is 38.8. The van der Waals surface area contributed by atoms with Crippen molar-refractivity contribution in [2.45, 2.75) is 51.0 Å². The highest BCUT2D eigenvalue weighted by Gasteiger charge is 2.34. The van der Waals surface area contributed by atoms with Crippen LogP contribution in [0.1, 0.15) is 49.1 Å². The maximum absolute atomic E-state index is 15.1. The second-order valence-electron chi connectivity index (χ2n) is 17.1. The second kappa shape index (κ2) is 19.4. The highest BCUT2D eigenvalue weighted by atomic mass is 79.9. The smallest absolute Gasteiger partial charge is 0.234 e. The normalized spacial score (nSPS) is 17.6. The van der Waals surface area contributed by atoms with Crippen LogP contribution in [-0.4, -0.2) is 109 Å². The Kier molecular flexibility index (Phi) is 13.8. The van der Waals surface area contributed by atoms with Crippen LogP contribution in [0.25, 0.3) is 11.0 Å². The molecule has 5 aromatic rings. The number of nitrogens with zero attached hydrogens (tertiary/aromatic N) is 6. The largest absolute Gasteiger partial charge is 0.494 e. The van der Waals surface area contributed by atoms with Gasteiger partial charge in [0, 0.05) is 93.3 Å². The van der Waals surface area contributed by atoms with E-state index in [2.05, 4.69) is 62.4 Å². The minimum atomic E-state index is -2.78. The molecular formula is C45H53BrF2N11O4P. The van der Waals surface area contributed by atoms with Crippen molar-refractivity contribution in [2.24, 2.45) is 5.92 Å². The van der Waals surface area contributed by atoms with E-state index in [0.29, 0.717) is 67.3 Å². The predicted octanol–water partition coefficient (Wildman–Crippen LogP) is 7.03. The summed E-state index contributed by atoms with van der Waals surface area (Å²) in [7, 11) is -1.15. The van der Waals surface area contributed by atoms with E-state index in [4.69, 9.17) is 9.72 Å². The van der Waals surface area contributed by atoms with Gasteiger partial charge in [0.2, 0.25) is 17.8 Å². The van der Waals surface area contributed by atoms with Gasteiger partial charge in [-0.1, -0.05) is 0 Å². The number of benzene rings is 3. The van der Waals surface area contributed by atoms with Gasteiger partial charge in [-0.3, -0.25) is 24.9 Å². The van der Waals surface area contributed by atoms with Crippen LogP contribution in [0.15, 0.2) is 59.5 Å². The number of imide groups is 1. The molecule has 0 aliphatic carbocycles. The number of carbonyl (C=O) groups excluding carboxylic acids is 2. The van der Waals surface area contributed by atoms with Gasteiger partial charge in [0.25, 0.3) is 0 Å². The molecule has 1 unspecified atom stereocenters. The van der Waals surface area contributed by atoms with Crippen molar-refractivity contribution in [1.82, 2.24) is 35.5 Å². The lowest BCUT2D eigenvalue weighted by atomic mass is 9.89. The van der Waals surface area contributed by atoms with Crippen LogP contribution < -0.4 is 41.5 Å². The van der Waals surface area contributed by atoms with Gasteiger partial charge >= 0.3 is 0 Å². The van der Waals surface area contributed by atoms with Crippen molar-refractivity contribution in [3.05, 3.63) is 82.2 Å². The number of likely N-dealkylation sites (tertiary alicyclic amines) is 1. The molecule has 0 bridgehead atoms. The SMILES string of the molecule is COc1cc(NCCNC2CN(CCC3CCN(c4cc(F)c(C5CCC(=O)NC5=O)c(F)c4)CC3)C2)c(C)cc1Nc1ncc(Br)c(Nc2ccc3nccnc3c2P(C)(C)=O)n1. The number of aromatic nitrogens is 4. The molecule has 3 saturated heterocycles. The Labute approximate surface area is 379 Å². The van der Waals surface area contributed by atoms with Gasteiger partial charge < -0.3 is 40.4 Å². The number of ether oxygens (including phenoxy) is 1. The fourth-order valence-corrected chi connectivity index (χ4v) is 10.5. The fraction of sp³-hybridized carbons (Fsp3) is 0.422. The lowest BCUT2D eigenvalue weighted by Crippen LogP contribution is -2.58. The Bertz CT molecular complexity index is 2580. The summed E-state index contributed by atoms with van der Waals surface area (Å²) in [5.74, 6) is -1.54. The second-order valence-corrected chi connectivity index (χ2v) is 21.1. The Hall–Kier alpha value is -5.29. The first-order chi connectivity index (χ1) is 30.7. The lowest BCUT2D eigenvalue weighted by molar-refractivity contribution is -0.134. The van der Waals surface area contributed by atoms with Crippen LogP contribution in [0.2, 0.25) is 0 Å². The van der Waals surface area contributed by atoms with Gasteiger partial charge in [0.1, 0.15) is 35.9 Å². The van der Waals surface area contributed by atoms with Crippen molar-refractivity contribution in [3.63, 3.8) is 0 Å². The summed E-state index contributed by atoms with van der Waals surface area (Å²) in [4.78, 5) is 46.3. The topological polar surface area (TPSA) is 179 Å². The summed E-state index contributed by atoms with van der Waals surface area (Å²) in [5.41, 5.74) is 4.79. The third-order valence-electron chi connectivity index (χ3n) is 12.3. The number of carbonyl (C=O) groups is 2. The maximum atomic E-state index is 15.1. The van der Waals surface area contributed by atoms with E-state index >= 15 is 8.78 Å². The first-order valence-electron chi connectivity index (χ1n) is 21.6. The van der Waals surface area contributed by atoms with Gasteiger partial charge in [0.05, 0.1) is 39.7 Å². The fourth-order valence-electron chi connectivity index (χ4n) is 8.83. The van der Waals surface area contributed by atoms with E-state index < -0.39 is 36.5 Å². The van der Waals surface area contributed by atoms with Gasteiger partial charge in [-0.25, -0.2) is 13.8 Å². The molecule has 3 aromatic carbocycles. The van der Waals surface area contributed by atoms with Crippen LogP contribution in [0.5, 0.6) is 5.75 Å². The highest BCUT2D eigenvalue weighted by molar-refractivity contribution is 9.10. The summed E-state index contributed by atoms with van der Waals surface area (Å²) in [6, 6.07) is 10.7. The molecule has 0 saturated carbocycles. The number of anilines is 6. The third-order valence-corrected chi connectivity index (χ3v) is 14.4. The summed E-state index contributed by atoms with van der Waals surface area (Å²) in [6.07, 6.45) is 8.01. The van der Waals surface area contributed by atoms with E-state index in [1.54, 1.807) is 39.0 Å². The van der Waals surface area contributed by atoms with E-state index in [0.717, 1.165) is 76.3 Å². The first kappa shape index (κ1) is 45.3. The van der Waals surface area contributed by atoms with Crippen LogP contribution in [0.3, 0.4) is 0 Å². The molecule has 2 aromatic heterocycles. The van der Waals surface area contributed by atoms with Crippen molar-refractivity contribution in [1.29, 1.82) is 0 Å². The molecule has 15 nitrogen and oxygen atoms in total. The Morgan fingerprint density at radius 3 is 2.41 bits per heavy atom. The first-order valence-corrected chi connectivity index (χ1v) is 24.9. The molecule has 19 heteroatoms. The molecule has 1 atom stereocenters. The Balaban J connectivity index is 0.768. The Morgan fingerprint density at radius 2 is 1.69 bits per heavy atom. The van der Waals surface area contributed by atoms with Crippen molar-refractivity contribution < 1.29 is 27.7 Å². The standard InChI is InChI=1S/C45H53BrF2N11O4P/c1-26-19-37(55-45-53-23-31(46)43(57-45)54-35-7-6-34-41(52-15-14-50-34)42(35)64(3,4)62)38(63-2)22-36(26)51-13-12-49-28-24-58(25-28)16-9-27-10-17-59(18-11-27)29-20-32(47)40(33(48)21-29)30-5-8-39(60)56-44(30)61/h6-7,14-15,19-23,27-28,30,49,51H,5,8-13,16-18,24-25H2,1-4H3,(H,56,60,61)(H2,53,54,55,57). The molecular weight excluding hydrogens is 907 g/mol. The molecule has 2 amide bonds. The zero-order valence-electron chi connectivity index (χ0n) is 36.3. The van der Waals surface area contributed by atoms with Crippen molar-refractivity contribution >= 4 is 85.7 Å². The van der Waals surface area contributed by atoms with Gasteiger partial charge in [-0.2, -0.15) is 4.98 Å². The van der Waals surface area contributed by atoms with E-state index in [1.165, 1.54) is 12.1 Å². The maximum Gasteiger partial charge on any atom is 0.234 e. The highest BCUT2D eigenvalue weighted by Crippen LogP contribution is 2.42. The predicted molar refractivity (Wildman–Crippen MR) is 250 cm³/mol. The number of methoxy groups -OCH3 is 1. The van der Waals surface area contributed by atoms with Gasteiger partial charge in [0.15, 0.2) is 0 Å². The number of piperidine rings is 2. The van der Waals surface area contributed by atoms with E-state index in [9.17, 15) is 14.2 Å². The molecule has 3 fully saturated rings. The summed E-state index contributed by atoms with van der Waals surface area (Å²) in [5, 5.41) is 16.6. The molecule has 0 radical (unpaired) electrons. The number of rotatable bonds is 16. The number of fused-ring (bicyclic) bond motifs is 1. The van der Waals surface area contributed by atoms with E-state index in [-0.39, 0.29) is 18.4 Å². The monoisotopic (exact) mass is 959 g/mol. The number of amides is 2. The number of aryl methyl sites for hydroxylation is 1. The van der Waals surface area contributed by atoms with Crippen molar-refractivity contribution in [3.8, 4) is 5.75 Å². The minimum absolute atomic E-state index is 0.0653. The minimum Gasteiger partial charge on any atom is -0.494 e. The molecule has 5 N–H and O–H groups in total. The van der Waals surface area contributed by atoms with Gasteiger partial charge in [-0.15, -0.1) is 0 Å². The lowest BCUT2D eigenvalue weighted by Gasteiger charge is -2.41. The molecule has 338 valence electrons. The number of hydrogen-bond donors (Lipinski definition) is 5. The summed E-state index contributed by atoms with van der Waals surface area (Å²) >= 11 is 3.56. The molecule has 64 heavy (non-hydrogen) atoms. The average Bonchev–Trinajstić information content (AvgIpc) is 3.24. The zero-order chi connectivity index (χ0) is 45.1. The molecule has 3 aliphatic rings. The quantitative estimate of drug-likeness (QED) is 0.0387. The number of nitrogens with one attached hydrogen (secondary N) is 5. The summed E-state index contributed by atoms with van der Waals surface area (Å²) in [6.45, 7) is 11.4. The van der Waals surface area contributed by atoms with Crippen LogP contribution in [0, 0.1) is 24.5 Å². The van der Waals surface area contributed by atoms with Gasteiger partial charge in [-0.05, 0) is 110 Å². The van der Waals surface area contributed by atoms with Crippen LogP contribution in [0.4, 0.5) is 43.3 Å². The molecule has 0 spiro atoms. The van der Waals surface area contributed by atoms with Crippen LogP contribution >= 0.6 is 23.1 Å². The summed E-state index contributed by atoms with van der Waals surface area (Å²) < 4.78 is 50.1.